The molecule has 4 atom stereocenters. The van der Waals surface area contributed by atoms with E-state index in [9.17, 15) is 0 Å². The van der Waals surface area contributed by atoms with Gasteiger partial charge in [0.2, 0.25) is 0 Å². The molecule has 4 unspecified atom stereocenters. The Balaban J connectivity index is 1.71. The van der Waals surface area contributed by atoms with Gasteiger partial charge in [-0.1, -0.05) is 45.4 Å². The maximum atomic E-state index is 2.49. The normalized spacial score (nSPS) is 47.0. The van der Waals surface area contributed by atoms with E-state index in [1.807, 2.05) is 0 Å². The van der Waals surface area contributed by atoms with Gasteiger partial charge in [0.25, 0.3) is 0 Å². The smallest absolute Gasteiger partial charge is 0.0352 e. The van der Waals surface area contributed by atoms with Crippen molar-refractivity contribution in [3.8, 4) is 0 Å². The summed E-state index contributed by atoms with van der Waals surface area (Å²) in [7, 11) is 0. The molecule has 3 saturated carbocycles. The third-order valence-corrected chi connectivity index (χ3v) is 5.65. The Morgan fingerprint density at radius 1 is 0.667 bits per heavy atom. The van der Waals surface area contributed by atoms with Crippen LogP contribution in [0.1, 0.15) is 64.7 Å². The molecule has 0 aliphatic heterocycles. The molecule has 0 aromatic heterocycles. The fraction of sp³-hybridized carbons (Fsp3) is 1.00. The predicted octanol–water partition coefficient (Wildman–Crippen LogP) is 4.64. The van der Waals surface area contributed by atoms with Crippen LogP contribution in [0.4, 0.5) is 0 Å². The average Bonchev–Trinajstić information content (AvgIpc) is 2.82. The Morgan fingerprint density at radius 3 is 2.20 bits per heavy atom. The monoisotopic (exact) mass is 206 g/mol. The summed E-state index contributed by atoms with van der Waals surface area (Å²) >= 11 is 0. The molecule has 0 N–H and O–H groups in total. The highest BCUT2D eigenvalue weighted by Gasteiger charge is 2.42. The minimum atomic E-state index is 1.04. The van der Waals surface area contributed by atoms with Crippen LogP contribution in [0, 0.1) is 29.6 Å². The van der Waals surface area contributed by atoms with Crippen molar-refractivity contribution < 1.29 is 0 Å². The van der Waals surface area contributed by atoms with Crippen molar-refractivity contribution in [1.29, 1.82) is 0 Å². The van der Waals surface area contributed by atoms with Crippen LogP contribution in [0.3, 0.4) is 0 Å². The van der Waals surface area contributed by atoms with Gasteiger partial charge in [0.05, 0.1) is 0 Å². The van der Waals surface area contributed by atoms with E-state index in [1.54, 1.807) is 44.9 Å². The van der Waals surface area contributed by atoms with Crippen LogP contribution in [-0.4, -0.2) is 0 Å². The molecule has 0 spiro atoms. The lowest BCUT2D eigenvalue weighted by atomic mass is 9.68. The van der Waals surface area contributed by atoms with Gasteiger partial charge < -0.3 is 0 Å². The molecule has 0 saturated heterocycles. The second kappa shape index (κ2) is 4.11. The van der Waals surface area contributed by atoms with Crippen LogP contribution in [0.5, 0.6) is 0 Å². The van der Waals surface area contributed by atoms with Gasteiger partial charge >= 0.3 is 0 Å². The zero-order valence-corrected chi connectivity index (χ0v) is 10.3. The molecule has 3 aliphatic carbocycles. The molecule has 0 heteroatoms. The molecule has 3 fully saturated rings. The van der Waals surface area contributed by atoms with E-state index in [4.69, 9.17) is 0 Å². The molecule has 0 amide bonds. The molecule has 3 rings (SSSR count). The van der Waals surface area contributed by atoms with E-state index < -0.39 is 0 Å². The van der Waals surface area contributed by atoms with Crippen molar-refractivity contribution in [1.82, 2.24) is 0 Å². The van der Waals surface area contributed by atoms with Crippen LogP contribution in [0.15, 0.2) is 0 Å². The average molecular weight is 206 g/mol. The standard InChI is InChI=1S/C15H26/c1-11-9-13-7-4-8-14(15(13)10-11)12-5-2-3-6-12/h11-15H,2-10H2,1H3. The first-order valence-electron chi connectivity index (χ1n) is 7.34. The summed E-state index contributed by atoms with van der Waals surface area (Å²) in [5, 5.41) is 0. The molecule has 0 aromatic carbocycles. The van der Waals surface area contributed by atoms with Crippen molar-refractivity contribution in [2.75, 3.05) is 0 Å². The zero-order chi connectivity index (χ0) is 10.3. The van der Waals surface area contributed by atoms with Crippen molar-refractivity contribution in [2.45, 2.75) is 64.7 Å². The lowest BCUT2D eigenvalue weighted by Crippen LogP contribution is -2.29. The highest BCUT2D eigenvalue weighted by molar-refractivity contribution is 4.92. The fourth-order valence-electron chi connectivity index (χ4n) is 5.10. The maximum absolute atomic E-state index is 2.49. The van der Waals surface area contributed by atoms with Gasteiger partial charge in [-0.25, -0.2) is 0 Å². The molecule has 0 nitrogen and oxygen atoms in total. The lowest BCUT2D eigenvalue weighted by molar-refractivity contribution is 0.124. The van der Waals surface area contributed by atoms with Crippen molar-refractivity contribution in [3.05, 3.63) is 0 Å². The minimum Gasteiger partial charge on any atom is -0.0625 e. The summed E-state index contributed by atoms with van der Waals surface area (Å²) < 4.78 is 0. The fourth-order valence-corrected chi connectivity index (χ4v) is 5.10. The Morgan fingerprint density at radius 2 is 1.40 bits per heavy atom. The predicted molar refractivity (Wildman–Crippen MR) is 64.7 cm³/mol. The summed E-state index contributed by atoms with van der Waals surface area (Å²) in [5.41, 5.74) is 0. The van der Waals surface area contributed by atoms with Crippen molar-refractivity contribution >= 4 is 0 Å². The van der Waals surface area contributed by atoms with Crippen LogP contribution < -0.4 is 0 Å². The van der Waals surface area contributed by atoms with E-state index in [0.717, 1.165) is 29.6 Å². The van der Waals surface area contributed by atoms with Crippen LogP contribution >= 0.6 is 0 Å². The molecule has 3 aliphatic rings. The molecule has 15 heavy (non-hydrogen) atoms. The Hall–Kier alpha value is 0. The van der Waals surface area contributed by atoms with E-state index in [1.165, 1.54) is 12.8 Å². The number of rotatable bonds is 1. The summed E-state index contributed by atoms with van der Waals surface area (Å²) in [6, 6.07) is 0. The van der Waals surface area contributed by atoms with Crippen LogP contribution in [-0.2, 0) is 0 Å². The van der Waals surface area contributed by atoms with Gasteiger partial charge in [0, 0.05) is 0 Å². The highest BCUT2D eigenvalue weighted by Crippen LogP contribution is 2.52. The molecule has 0 aromatic rings. The van der Waals surface area contributed by atoms with Crippen molar-refractivity contribution in [3.63, 3.8) is 0 Å². The summed E-state index contributed by atoms with van der Waals surface area (Å²) in [6.07, 6.45) is 14.1. The van der Waals surface area contributed by atoms with E-state index in [-0.39, 0.29) is 0 Å². The van der Waals surface area contributed by atoms with Gasteiger partial charge in [0.1, 0.15) is 0 Å². The number of hydrogen-bond donors (Lipinski definition) is 0. The van der Waals surface area contributed by atoms with Gasteiger partial charge in [-0.3, -0.25) is 0 Å². The first-order valence-corrected chi connectivity index (χ1v) is 7.34. The number of hydrogen-bond acceptors (Lipinski definition) is 0. The summed E-state index contributed by atoms with van der Waals surface area (Å²) in [4.78, 5) is 0. The molecular weight excluding hydrogens is 180 g/mol. The first kappa shape index (κ1) is 10.2. The highest BCUT2D eigenvalue weighted by atomic mass is 14.5. The van der Waals surface area contributed by atoms with Crippen LogP contribution in [0.25, 0.3) is 0 Å². The molecular formula is C15H26. The largest absolute Gasteiger partial charge is 0.0625 e. The van der Waals surface area contributed by atoms with E-state index >= 15 is 0 Å². The zero-order valence-electron chi connectivity index (χ0n) is 10.3. The maximum Gasteiger partial charge on any atom is -0.0352 e. The second-order valence-corrected chi connectivity index (χ2v) is 6.64. The van der Waals surface area contributed by atoms with Gasteiger partial charge in [0.15, 0.2) is 0 Å². The van der Waals surface area contributed by atoms with Crippen LogP contribution in [0.2, 0.25) is 0 Å². The summed E-state index contributed by atoms with van der Waals surface area (Å²) in [5.74, 6) is 5.62. The SMILES string of the molecule is CC1CC2CCCC(C3CCCC3)C2C1. The molecule has 86 valence electrons. The van der Waals surface area contributed by atoms with Gasteiger partial charge in [-0.05, 0) is 48.9 Å². The number of fused-ring (bicyclic) bond motifs is 1. The minimum absolute atomic E-state index is 1.04. The van der Waals surface area contributed by atoms with E-state index in [0.29, 0.717) is 0 Å². The third-order valence-electron chi connectivity index (χ3n) is 5.65. The Bertz CT molecular complexity index is 214. The second-order valence-electron chi connectivity index (χ2n) is 6.64. The van der Waals surface area contributed by atoms with Gasteiger partial charge in [-0.2, -0.15) is 0 Å². The molecule has 0 bridgehead atoms. The first-order chi connectivity index (χ1) is 7.34. The third kappa shape index (κ3) is 1.85. The Kier molecular flexibility index (Phi) is 2.79. The molecule has 0 heterocycles. The molecule has 0 radical (unpaired) electrons. The topological polar surface area (TPSA) is 0 Å². The lowest BCUT2D eigenvalue weighted by Gasteiger charge is -2.37. The Labute approximate surface area is 94.8 Å². The van der Waals surface area contributed by atoms with Gasteiger partial charge in [-0.15, -0.1) is 0 Å². The quantitative estimate of drug-likeness (QED) is 0.586. The van der Waals surface area contributed by atoms with Crippen molar-refractivity contribution in [2.24, 2.45) is 29.6 Å². The summed E-state index contributed by atoms with van der Waals surface area (Å²) in [6.45, 7) is 2.49. The van der Waals surface area contributed by atoms with E-state index in [2.05, 4.69) is 6.92 Å².